The fourth-order valence-electron chi connectivity index (χ4n) is 4.89. The van der Waals surface area contributed by atoms with Gasteiger partial charge in [0.15, 0.2) is 17.3 Å². The third-order valence-electron chi connectivity index (χ3n) is 7.28. The van der Waals surface area contributed by atoms with Crippen LogP contribution in [0.2, 0.25) is 0 Å². The number of rotatable bonds is 14. The van der Waals surface area contributed by atoms with Crippen molar-refractivity contribution in [2.45, 2.75) is 26.2 Å². The number of hydrogen-bond acceptors (Lipinski definition) is 6. The molecule has 7 heteroatoms. The van der Waals surface area contributed by atoms with Crippen LogP contribution in [0.4, 0.5) is 0 Å². The monoisotopic (exact) mass is 632 g/mol. The van der Waals surface area contributed by atoms with Gasteiger partial charge in [-0.05, 0) is 53.4 Å². The molecule has 0 radical (unpaired) electrons. The Hall–Kier alpha value is -5.20. The van der Waals surface area contributed by atoms with E-state index in [9.17, 15) is 4.79 Å². The van der Waals surface area contributed by atoms with Gasteiger partial charge in [0.2, 0.25) is 11.2 Å². The first-order chi connectivity index (χ1) is 22.7. The summed E-state index contributed by atoms with van der Waals surface area (Å²) in [6, 6.07) is 40.4. The molecule has 0 amide bonds. The van der Waals surface area contributed by atoms with Gasteiger partial charge in [-0.25, -0.2) is 0 Å². The van der Waals surface area contributed by atoms with E-state index in [0.29, 0.717) is 65.9 Å². The third kappa shape index (κ3) is 7.71. The molecule has 1 heterocycles. The topological polar surface area (TPSA) is 67.1 Å². The minimum atomic E-state index is -0.281. The van der Waals surface area contributed by atoms with E-state index < -0.39 is 0 Å². The molecule has 0 atom stereocenters. The molecule has 6 rings (SSSR count). The third-order valence-corrected chi connectivity index (χ3v) is 7.54. The molecule has 46 heavy (non-hydrogen) atoms. The zero-order chi connectivity index (χ0) is 31.6. The minimum absolute atomic E-state index is 0.113. The number of hydrogen-bond donors (Lipinski definition) is 0. The summed E-state index contributed by atoms with van der Waals surface area (Å²) in [5.74, 6) is 2.45. The lowest BCUT2D eigenvalue weighted by atomic mass is 10.1. The number of ether oxygens (including phenoxy) is 4. The van der Waals surface area contributed by atoms with Crippen molar-refractivity contribution in [3.05, 3.63) is 154 Å². The van der Waals surface area contributed by atoms with Crippen LogP contribution in [0.5, 0.6) is 23.0 Å². The van der Waals surface area contributed by atoms with Crippen molar-refractivity contribution in [1.29, 1.82) is 0 Å². The summed E-state index contributed by atoms with van der Waals surface area (Å²) in [7, 11) is 0. The lowest BCUT2D eigenvalue weighted by Crippen LogP contribution is -2.11. The molecule has 1 aromatic heterocycles. The molecule has 0 bridgehead atoms. The molecule has 6 nitrogen and oxygen atoms in total. The highest BCUT2D eigenvalue weighted by atomic mass is 35.5. The minimum Gasteiger partial charge on any atom is -0.489 e. The van der Waals surface area contributed by atoms with E-state index in [2.05, 4.69) is 0 Å². The summed E-state index contributed by atoms with van der Waals surface area (Å²) in [6.07, 6.45) is 0.572. The fourth-order valence-corrected chi connectivity index (χ4v) is 5.00. The lowest BCUT2D eigenvalue weighted by Gasteiger charge is -2.16. The molecule has 232 valence electrons. The second-order valence-corrected chi connectivity index (χ2v) is 11.0. The van der Waals surface area contributed by atoms with Crippen LogP contribution in [-0.2, 0) is 19.8 Å². The van der Waals surface area contributed by atoms with Gasteiger partial charge in [0.05, 0.1) is 12.0 Å². The Balaban J connectivity index is 1.37. The SMILES string of the molecule is O=c1c(OCCCCl)c(-c2ccc(OCc3ccccc3)c(OCc3ccccc3)c2)oc2cc(OCc3ccccc3)ccc12. The molecule has 0 saturated carbocycles. The van der Waals surface area contributed by atoms with Crippen LogP contribution in [-0.4, -0.2) is 12.5 Å². The van der Waals surface area contributed by atoms with Crippen LogP contribution in [0.15, 0.2) is 137 Å². The highest BCUT2D eigenvalue weighted by molar-refractivity contribution is 6.17. The van der Waals surface area contributed by atoms with Crippen molar-refractivity contribution in [3.8, 4) is 34.3 Å². The van der Waals surface area contributed by atoms with Gasteiger partial charge in [0.25, 0.3) is 0 Å². The maximum absolute atomic E-state index is 13.8. The van der Waals surface area contributed by atoms with E-state index in [1.807, 2.05) is 109 Å². The van der Waals surface area contributed by atoms with Crippen molar-refractivity contribution < 1.29 is 23.4 Å². The van der Waals surface area contributed by atoms with Crippen LogP contribution in [0, 0.1) is 0 Å². The first-order valence-corrected chi connectivity index (χ1v) is 15.7. The summed E-state index contributed by atoms with van der Waals surface area (Å²) < 4.78 is 31.0. The summed E-state index contributed by atoms with van der Waals surface area (Å²) in [6.45, 7) is 1.34. The highest BCUT2D eigenvalue weighted by Gasteiger charge is 2.20. The Kier molecular flexibility index (Phi) is 10.2. The van der Waals surface area contributed by atoms with Gasteiger partial charge in [0, 0.05) is 17.5 Å². The maximum Gasteiger partial charge on any atom is 0.235 e. The standard InChI is InChI=1S/C39H33ClO6/c40-21-10-22-42-39-37(41)33-19-18-32(43-25-28-11-4-1-5-12-28)24-35(33)46-38(39)31-17-20-34(44-26-29-13-6-2-7-14-29)36(23-31)45-27-30-15-8-3-9-16-30/h1-9,11-20,23-24H,10,21-22,25-27H2. The molecular weight excluding hydrogens is 600 g/mol. The Morgan fingerprint density at radius 3 is 1.78 bits per heavy atom. The van der Waals surface area contributed by atoms with Crippen molar-refractivity contribution >= 4 is 22.6 Å². The van der Waals surface area contributed by atoms with Crippen LogP contribution in [0.25, 0.3) is 22.3 Å². The molecule has 0 spiro atoms. The molecule has 0 unspecified atom stereocenters. The van der Waals surface area contributed by atoms with E-state index in [1.54, 1.807) is 18.2 Å². The van der Waals surface area contributed by atoms with Gasteiger partial charge in [0.1, 0.15) is 31.2 Å². The zero-order valence-corrected chi connectivity index (χ0v) is 26.0. The Morgan fingerprint density at radius 2 is 1.17 bits per heavy atom. The smallest absolute Gasteiger partial charge is 0.235 e. The summed E-state index contributed by atoms with van der Waals surface area (Å²) >= 11 is 5.92. The first-order valence-electron chi connectivity index (χ1n) is 15.1. The van der Waals surface area contributed by atoms with Gasteiger partial charge < -0.3 is 23.4 Å². The normalized spacial score (nSPS) is 10.9. The van der Waals surface area contributed by atoms with Crippen LogP contribution >= 0.6 is 11.6 Å². The summed E-state index contributed by atoms with van der Waals surface area (Å²) in [5.41, 5.74) is 3.77. The van der Waals surface area contributed by atoms with Gasteiger partial charge in [-0.2, -0.15) is 0 Å². The highest BCUT2D eigenvalue weighted by Crippen LogP contribution is 2.38. The molecule has 0 aliphatic rings. The quantitative estimate of drug-likeness (QED) is 0.0881. The predicted molar refractivity (Wildman–Crippen MR) is 181 cm³/mol. The number of benzene rings is 5. The number of alkyl halides is 1. The average Bonchev–Trinajstić information content (AvgIpc) is 3.11. The summed E-state index contributed by atoms with van der Waals surface area (Å²) in [4.78, 5) is 13.8. The van der Waals surface area contributed by atoms with E-state index in [1.165, 1.54) is 0 Å². The second kappa shape index (κ2) is 15.2. The molecule has 0 fully saturated rings. The van der Waals surface area contributed by atoms with E-state index in [4.69, 9.17) is 35.0 Å². The van der Waals surface area contributed by atoms with Crippen LogP contribution in [0.1, 0.15) is 23.1 Å². The van der Waals surface area contributed by atoms with Gasteiger partial charge in [-0.3, -0.25) is 4.79 Å². The molecule has 5 aromatic carbocycles. The maximum atomic E-state index is 13.8. The Bertz CT molecular complexity index is 1920. The van der Waals surface area contributed by atoms with E-state index >= 15 is 0 Å². The molecule has 0 saturated heterocycles. The Morgan fingerprint density at radius 1 is 0.587 bits per heavy atom. The predicted octanol–water partition coefficient (Wildman–Crippen LogP) is 9.20. The first kappa shape index (κ1) is 30.8. The Labute approximate surface area is 272 Å². The average molecular weight is 633 g/mol. The molecule has 0 aliphatic heterocycles. The second-order valence-electron chi connectivity index (χ2n) is 10.6. The van der Waals surface area contributed by atoms with Gasteiger partial charge in [-0.1, -0.05) is 91.0 Å². The van der Waals surface area contributed by atoms with Gasteiger partial charge in [-0.15, -0.1) is 11.6 Å². The van der Waals surface area contributed by atoms with E-state index in [-0.39, 0.29) is 23.5 Å². The van der Waals surface area contributed by atoms with Crippen molar-refractivity contribution in [2.24, 2.45) is 0 Å². The van der Waals surface area contributed by atoms with Gasteiger partial charge >= 0.3 is 0 Å². The summed E-state index contributed by atoms with van der Waals surface area (Å²) in [5, 5.41) is 0.389. The fraction of sp³-hybridized carbons (Fsp3) is 0.154. The largest absolute Gasteiger partial charge is 0.489 e. The van der Waals surface area contributed by atoms with E-state index in [0.717, 1.165) is 16.7 Å². The molecule has 0 N–H and O–H groups in total. The van der Waals surface area contributed by atoms with Crippen molar-refractivity contribution in [3.63, 3.8) is 0 Å². The zero-order valence-electron chi connectivity index (χ0n) is 25.2. The lowest BCUT2D eigenvalue weighted by molar-refractivity contribution is 0.256. The van der Waals surface area contributed by atoms with Crippen molar-refractivity contribution in [1.82, 2.24) is 0 Å². The number of halogens is 1. The molecule has 0 aliphatic carbocycles. The number of fused-ring (bicyclic) bond motifs is 1. The van der Waals surface area contributed by atoms with Crippen molar-refractivity contribution in [2.75, 3.05) is 12.5 Å². The molecule has 6 aromatic rings. The van der Waals surface area contributed by atoms with Crippen LogP contribution in [0.3, 0.4) is 0 Å². The van der Waals surface area contributed by atoms with Crippen LogP contribution < -0.4 is 24.4 Å². The molecular formula is C39H33ClO6.